The summed E-state index contributed by atoms with van der Waals surface area (Å²) in [5.74, 6) is 0.0345. The maximum atomic E-state index is 12.6. The van der Waals surface area contributed by atoms with Crippen molar-refractivity contribution in [2.45, 2.75) is 12.1 Å². The molecule has 2 nitrogen and oxygen atoms in total. The highest BCUT2D eigenvalue weighted by molar-refractivity contribution is 5.56. The molecular formula is C12H13F3N2. The van der Waals surface area contributed by atoms with Crippen molar-refractivity contribution in [3.63, 3.8) is 0 Å². The lowest BCUT2D eigenvalue weighted by molar-refractivity contribution is -0.137. The van der Waals surface area contributed by atoms with Crippen LogP contribution < -0.4 is 0 Å². The number of rotatable bonds is 1. The fraction of sp³-hybridized carbons (Fsp3) is 0.417. The molecule has 1 unspecified atom stereocenters. The molecule has 17 heavy (non-hydrogen) atoms. The second kappa shape index (κ2) is 4.39. The lowest BCUT2D eigenvalue weighted by atomic mass is 9.96. The normalized spacial score (nSPS) is 20.7. The van der Waals surface area contributed by atoms with Gasteiger partial charge in [0, 0.05) is 26.1 Å². The first-order chi connectivity index (χ1) is 7.97. The summed E-state index contributed by atoms with van der Waals surface area (Å²) in [7, 11) is 1.86. The fourth-order valence-electron chi connectivity index (χ4n) is 1.95. The predicted octanol–water partition coefficient (Wildman–Crippen LogP) is 2.76. The first-order valence-electron chi connectivity index (χ1n) is 5.34. The minimum absolute atomic E-state index is 0.0345. The van der Waals surface area contributed by atoms with Gasteiger partial charge >= 0.3 is 6.18 Å². The van der Waals surface area contributed by atoms with E-state index in [0.29, 0.717) is 18.7 Å². The van der Waals surface area contributed by atoms with Crippen molar-refractivity contribution in [1.29, 1.82) is 0 Å². The van der Waals surface area contributed by atoms with Crippen LogP contribution in [0.15, 0.2) is 29.3 Å². The van der Waals surface area contributed by atoms with Crippen LogP contribution in [0.3, 0.4) is 0 Å². The molecule has 0 N–H and O–H groups in total. The molecule has 5 heteroatoms. The molecule has 1 aliphatic heterocycles. The fourth-order valence-corrected chi connectivity index (χ4v) is 1.95. The Morgan fingerprint density at radius 2 is 2.12 bits per heavy atom. The van der Waals surface area contributed by atoms with E-state index in [0.717, 1.165) is 6.07 Å². The van der Waals surface area contributed by atoms with E-state index in [2.05, 4.69) is 4.99 Å². The van der Waals surface area contributed by atoms with Gasteiger partial charge in [-0.05, 0) is 11.6 Å². The van der Waals surface area contributed by atoms with Gasteiger partial charge in [0.15, 0.2) is 0 Å². The molecule has 1 aromatic carbocycles. The summed E-state index contributed by atoms with van der Waals surface area (Å²) in [5, 5.41) is 0. The van der Waals surface area contributed by atoms with Gasteiger partial charge in [-0.15, -0.1) is 0 Å². The third-order valence-electron chi connectivity index (χ3n) is 2.80. The monoisotopic (exact) mass is 242 g/mol. The standard InChI is InChI=1S/C12H13F3N2/c1-17-7-10(6-16-8-17)9-3-2-4-11(5-9)12(13,14)15/h2-5,8,10H,6-7H2,1H3. The molecule has 1 heterocycles. The van der Waals surface area contributed by atoms with Crippen LogP contribution >= 0.6 is 0 Å². The van der Waals surface area contributed by atoms with E-state index in [1.165, 1.54) is 12.1 Å². The zero-order valence-corrected chi connectivity index (χ0v) is 9.41. The second-order valence-corrected chi connectivity index (χ2v) is 4.24. The average molecular weight is 242 g/mol. The number of benzene rings is 1. The Morgan fingerprint density at radius 1 is 1.35 bits per heavy atom. The Labute approximate surface area is 97.8 Å². The largest absolute Gasteiger partial charge is 0.416 e. The summed E-state index contributed by atoms with van der Waals surface area (Å²) < 4.78 is 37.7. The minimum atomic E-state index is -4.28. The molecule has 1 aliphatic rings. The molecule has 0 aliphatic carbocycles. The molecule has 1 atom stereocenters. The maximum Gasteiger partial charge on any atom is 0.416 e. The molecule has 0 fully saturated rings. The van der Waals surface area contributed by atoms with E-state index >= 15 is 0 Å². The molecule has 92 valence electrons. The number of hydrogen-bond acceptors (Lipinski definition) is 2. The SMILES string of the molecule is CN1C=NCC(c2cccc(C(F)(F)F)c2)C1. The highest BCUT2D eigenvalue weighted by Crippen LogP contribution is 2.31. The Hall–Kier alpha value is -1.52. The number of nitrogens with zero attached hydrogens (tertiary/aromatic N) is 2. The van der Waals surface area contributed by atoms with Gasteiger partial charge in [0.05, 0.1) is 11.9 Å². The number of halogens is 3. The number of alkyl halides is 3. The zero-order valence-electron chi connectivity index (χ0n) is 9.41. The van der Waals surface area contributed by atoms with E-state index in [9.17, 15) is 13.2 Å². The van der Waals surface area contributed by atoms with Gasteiger partial charge in [-0.1, -0.05) is 18.2 Å². The van der Waals surface area contributed by atoms with Crippen molar-refractivity contribution >= 4 is 6.34 Å². The Kier molecular flexibility index (Phi) is 3.09. The van der Waals surface area contributed by atoms with Crippen LogP contribution in [-0.4, -0.2) is 31.4 Å². The van der Waals surface area contributed by atoms with Gasteiger partial charge < -0.3 is 4.90 Å². The minimum Gasteiger partial charge on any atom is -0.365 e. The van der Waals surface area contributed by atoms with E-state index in [1.54, 1.807) is 12.4 Å². The van der Waals surface area contributed by atoms with Crippen molar-refractivity contribution in [3.05, 3.63) is 35.4 Å². The van der Waals surface area contributed by atoms with E-state index in [-0.39, 0.29) is 5.92 Å². The summed E-state index contributed by atoms with van der Waals surface area (Å²) in [6, 6.07) is 5.50. The maximum absolute atomic E-state index is 12.6. The van der Waals surface area contributed by atoms with Crippen molar-refractivity contribution < 1.29 is 13.2 Å². The summed E-state index contributed by atoms with van der Waals surface area (Å²) >= 11 is 0. The molecule has 0 bridgehead atoms. The average Bonchev–Trinajstić information content (AvgIpc) is 2.28. The summed E-state index contributed by atoms with van der Waals surface area (Å²) in [4.78, 5) is 6.01. The van der Waals surface area contributed by atoms with E-state index in [4.69, 9.17) is 0 Å². The summed E-state index contributed by atoms with van der Waals surface area (Å²) in [6.07, 6.45) is -2.57. The van der Waals surface area contributed by atoms with Gasteiger partial charge in [-0.3, -0.25) is 4.99 Å². The summed E-state index contributed by atoms with van der Waals surface area (Å²) in [5.41, 5.74) is 0.107. The highest BCUT2D eigenvalue weighted by Gasteiger charge is 2.31. The van der Waals surface area contributed by atoms with Crippen molar-refractivity contribution in [2.75, 3.05) is 20.1 Å². The first kappa shape index (κ1) is 12.0. The summed E-state index contributed by atoms with van der Waals surface area (Å²) in [6.45, 7) is 1.25. The Morgan fingerprint density at radius 3 is 2.76 bits per heavy atom. The molecule has 0 spiro atoms. The van der Waals surface area contributed by atoms with Gasteiger partial charge in [0.25, 0.3) is 0 Å². The number of likely N-dealkylation sites (N-methyl/N-ethyl adjacent to an activating group) is 1. The third-order valence-corrected chi connectivity index (χ3v) is 2.80. The molecular weight excluding hydrogens is 229 g/mol. The molecule has 2 rings (SSSR count). The van der Waals surface area contributed by atoms with Crippen molar-refractivity contribution in [1.82, 2.24) is 4.90 Å². The molecule has 0 saturated heterocycles. The first-order valence-corrected chi connectivity index (χ1v) is 5.34. The van der Waals surface area contributed by atoms with Crippen LogP contribution in [-0.2, 0) is 6.18 Å². The number of hydrogen-bond donors (Lipinski definition) is 0. The Balaban J connectivity index is 2.25. The van der Waals surface area contributed by atoms with Gasteiger partial charge in [-0.2, -0.15) is 13.2 Å². The van der Waals surface area contributed by atoms with Crippen LogP contribution in [0.25, 0.3) is 0 Å². The van der Waals surface area contributed by atoms with Gasteiger partial charge in [0.2, 0.25) is 0 Å². The van der Waals surface area contributed by atoms with E-state index in [1.807, 2.05) is 11.9 Å². The van der Waals surface area contributed by atoms with Gasteiger partial charge in [0.1, 0.15) is 0 Å². The quantitative estimate of drug-likeness (QED) is 0.739. The van der Waals surface area contributed by atoms with Crippen molar-refractivity contribution in [2.24, 2.45) is 4.99 Å². The van der Waals surface area contributed by atoms with Crippen molar-refractivity contribution in [3.8, 4) is 0 Å². The topological polar surface area (TPSA) is 15.6 Å². The second-order valence-electron chi connectivity index (χ2n) is 4.24. The molecule has 0 aromatic heterocycles. The van der Waals surface area contributed by atoms with Crippen LogP contribution in [0.5, 0.6) is 0 Å². The molecule has 0 saturated carbocycles. The van der Waals surface area contributed by atoms with Gasteiger partial charge in [-0.25, -0.2) is 0 Å². The zero-order chi connectivity index (χ0) is 12.5. The van der Waals surface area contributed by atoms with Crippen LogP contribution in [0.4, 0.5) is 13.2 Å². The highest BCUT2D eigenvalue weighted by atomic mass is 19.4. The lowest BCUT2D eigenvalue weighted by Gasteiger charge is -2.26. The van der Waals surface area contributed by atoms with Crippen LogP contribution in [0.1, 0.15) is 17.0 Å². The smallest absolute Gasteiger partial charge is 0.365 e. The van der Waals surface area contributed by atoms with E-state index < -0.39 is 11.7 Å². The number of aliphatic imine (C=N–C) groups is 1. The molecule has 0 radical (unpaired) electrons. The van der Waals surface area contributed by atoms with Crippen LogP contribution in [0, 0.1) is 0 Å². The predicted molar refractivity (Wildman–Crippen MR) is 60.2 cm³/mol. The third kappa shape index (κ3) is 2.78. The van der Waals surface area contributed by atoms with Crippen LogP contribution in [0.2, 0.25) is 0 Å². The molecule has 1 aromatic rings. The lowest BCUT2D eigenvalue weighted by Crippen LogP contribution is -2.29. The Bertz CT molecular complexity index is 426. The molecule has 0 amide bonds.